The summed E-state index contributed by atoms with van der Waals surface area (Å²) in [6.45, 7) is 3.11. The largest absolute Gasteiger partial charge is 0.492 e. The van der Waals surface area contributed by atoms with Crippen LogP contribution in [0, 0.1) is 0 Å². The highest BCUT2D eigenvalue weighted by Crippen LogP contribution is 2.35. The summed E-state index contributed by atoms with van der Waals surface area (Å²) in [4.78, 5) is 1.25. The van der Waals surface area contributed by atoms with Crippen LogP contribution in [0.25, 0.3) is 10.4 Å². The first-order valence-corrected chi connectivity index (χ1v) is 9.55. The molecule has 0 fully saturated rings. The predicted octanol–water partition coefficient (Wildman–Crippen LogP) is 6.93. The summed E-state index contributed by atoms with van der Waals surface area (Å²) in [7, 11) is 0. The fraction of sp³-hybridized carbons (Fsp3) is 0.500. The molecule has 1 aromatic heterocycles. The van der Waals surface area contributed by atoms with Gasteiger partial charge in [0, 0.05) is 0 Å². The summed E-state index contributed by atoms with van der Waals surface area (Å²) >= 11 is 1.76. The third-order valence-corrected chi connectivity index (χ3v) is 4.87. The van der Waals surface area contributed by atoms with E-state index in [9.17, 15) is 0 Å². The third kappa shape index (κ3) is 5.84. The quantitative estimate of drug-likeness (QED) is 0.408. The van der Waals surface area contributed by atoms with Gasteiger partial charge in [0.25, 0.3) is 0 Å². The van der Waals surface area contributed by atoms with Crippen LogP contribution in [0.3, 0.4) is 0 Å². The fourth-order valence-electron chi connectivity index (χ4n) is 2.63. The van der Waals surface area contributed by atoms with Crippen LogP contribution in [-0.2, 0) is 0 Å². The minimum Gasteiger partial charge on any atom is -0.492 e. The predicted molar refractivity (Wildman–Crippen MR) is 97.9 cm³/mol. The van der Waals surface area contributed by atoms with Crippen molar-refractivity contribution >= 4 is 11.3 Å². The number of rotatable bonds is 11. The highest BCUT2D eigenvalue weighted by atomic mass is 32.1. The number of benzene rings is 1. The zero-order chi connectivity index (χ0) is 15.5. The van der Waals surface area contributed by atoms with E-state index in [1.807, 2.05) is 0 Å². The van der Waals surface area contributed by atoms with Crippen LogP contribution in [0.4, 0.5) is 0 Å². The topological polar surface area (TPSA) is 9.23 Å². The van der Waals surface area contributed by atoms with E-state index in [1.165, 1.54) is 55.4 Å². The summed E-state index contributed by atoms with van der Waals surface area (Å²) in [5.41, 5.74) is 1.25. The van der Waals surface area contributed by atoms with Crippen molar-refractivity contribution in [1.29, 1.82) is 0 Å². The molecule has 0 saturated heterocycles. The van der Waals surface area contributed by atoms with Gasteiger partial charge < -0.3 is 4.74 Å². The van der Waals surface area contributed by atoms with Crippen molar-refractivity contribution in [3.63, 3.8) is 0 Å². The maximum Gasteiger partial charge on any atom is 0.137 e. The highest BCUT2D eigenvalue weighted by Gasteiger charge is 2.07. The molecule has 1 nitrogen and oxygen atoms in total. The van der Waals surface area contributed by atoms with Gasteiger partial charge in [-0.2, -0.15) is 0 Å². The van der Waals surface area contributed by atoms with Crippen molar-refractivity contribution < 1.29 is 4.74 Å². The zero-order valence-corrected chi connectivity index (χ0v) is 14.5. The standard InChI is InChI=1S/C20H28OS/c1-2-3-4-5-6-7-8-12-16-21-19-15-17-22-20(19)18-13-10-9-11-14-18/h9-11,13-15,17H,2-8,12,16H2,1H3. The smallest absolute Gasteiger partial charge is 0.137 e. The maximum atomic E-state index is 5.99. The number of ether oxygens (including phenoxy) is 1. The summed E-state index contributed by atoms with van der Waals surface area (Å²) < 4.78 is 5.99. The van der Waals surface area contributed by atoms with Crippen LogP contribution in [0.2, 0.25) is 0 Å². The van der Waals surface area contributed by atoms with E-state index >= 15 is 0 Å². The van der Waals surface area contributed by atoms with Crippen molar-refractivity contribution in [2.75, 3.05) is 6.61 Å². The van der Waals surface area contributed by atoms with Crippen LogP contribution in [0.15, 0.2) is 41.8 Å². The maximum absolute atomic E-state index is 5.99. The van der Waals surface area contributed by atoms with Gasteiger partial charge in [-0.15, -0.1) is 11.3 Å². The average molecular weight is 317 g/mol. The fourth-order valence-corrected chi connectivity index (χ4v) is 3.47. The Kier molecular flexibility index (Phi) is 8.11. The molecule has 2 aromatic rings. The molecule has 0 aliphatic rings. The van der Waals surface area contributed by atoms with E-state index in [4.69, 9.17) is 4.74 Å². The molecule has 0 aliphatic heterocycles. The number of hydrogen-bond acceptors (Lipinski definition) is 2. The molecule has 0 radical (unpaired) electrons. The molecule has 1 heterocycles. The Hall–Kier alpha value is -1.28. The molecule has 22 heavy (non-hydrogen) atoms. The second kappa shape index (κ2) is 10.4. The van der Waals surface area contributed by atoms with Gasteiger partial charge >= 0.3 is 0 Å². The lowest BCUT2D eigenvalue weighted by Crippen LogP contribution is -1.97. The van der Waals surface area contributed by atoms with Gasteiger partial charge in [0.15, 0.2) is 0 Å². The molecule has 2 heteroatoms. The van der Waals surface area contributed by atoms with Crippen molar-refractivity contribution in [2.24, 2.45) is 0 Å². The van der Waals surface area contributed by atoms with Gasteiger partial charge in [-0.05, 0) is 23.4 Å². The van der Waals surface area contributed by atoms with E-state index < -0.39 is 0 Å². The van der Waals surface area contributed by atoms with Gasteiger partial charge in [0.05, 0.1) is 11.5 Å². The van der Waals surface area contributed by atoms with Gasteiger partial charge in [0.1, 0.15) is 5.75 Å². The number of hydrogen-bond donors (Lipinski definition) is 0. The molecule has 0 atom stereocenters. The minimum atomic E-state index is 0.839. The summed E-state index contributed by atoms with van der Waals surface area (Å²) in [6, 6.07) is 12.6. The Morgan fingerprint density at radius 1 is 0.818 bits per heavy atom. The molecule has 0 aliphatic carbocycles. The lowest BCUT2D eigenvalue weighted by atomic mass is 10.1. The highest BCUT2D eigenvalue weighted by molar-refractivity contribution is 7.14. The van der Waals surface area contributed by atoms with E-state index in [1.54, 1.807) is 11.3 Å². The van der Waals surface area contributed by atoms with Crippen LogP contribution in [-0.4, -0.2) is 6.61 Å². The van der Waals surface area contributed by atoms with Crippen LogP contribution >= 0.6 is 11.3 Å². The van der Waals surface area contributed by atoms with E-state index in [0.29, 0.717) is 0 Å². The van der Waals surface area contributed by atoms with Gasteiger partial charge in [-0.25, -0.2) is 0 Å². The van der Waals surface area contributed by atoms with Gasteiger partial charge in [0.2, 0.25) is 0 Å². The van der Waals surface area contributed by atoms with E-state index in [-0.39, 0.29) is 0 Å². The molecule has 120 valence electrons. The van der Waals surface area contributed by atoms with Crippen molar-refractivity contribution in [2.45, 2.75) is 58.3 Å². The lowest BCUT2D eigenvalue weighted by molar-refractivity contribution is 0.306. The van der Waals surface area contributed by atoms with Crippen molar-refractivity contribution in [1.82, 2.24) is 0 Å². The lowest BCUT2D eigenvalue weighted by Gasteiger charge is -2.07. The van der Waals surface area contributed by atoms with Gasteiger partial charge in [-0.1, -0.05) is 82.2 Å². The molecule has 1 aromatic carbocycles. The van der Waals surface area contributed by atoms with Crippen LogP contribution in [0.1, 0.15) is 58.3 Å². The molecule has 0 N–H and O–H groups in total. The first-order valence-electron chi connectivity index (χ1n) is 8.67. The zero-order valence-electron chi connectivity index (χ0n) is 13.7. The Balaban J connectivity index is 1.63. The van der Waals surface area contributed by atoms with Crippen molar-refractivity contribution in [3.05, 3.63) is 41.8 Å². The molecule has 0 saturated carbocycles. The Bertz CT molecular complexity index is 503. The molecule has 0 amide bonds. The summed E-state index contributed by atoms with van der Waals surface area (Å²) in [5.74, 6) is 1.04. The molecule has 0 unspecified atom stereocenters. The summed E-state index contributed by atoms with van der Waals surface area (Å²) in [5, 5.41) is 2.12. The summed E-state index contributed by atoms with van der Waals surface area (Å²) in [6.07, 6.45) is 10.7. The first-order chi connectivity index (χ1) is 10.9. The molecule has 0 bridgehead atoms. The number of thiophene rings is 1. The molecular weight excluding hydrogens is 288 g/mol. The second-order valence-corrected chi connectivity index (χ2v) is 6.72. The van der Waals surface area contributed by atoms with E-state index in [0.717, 1.165) is 18.8 Å². The Labute approximate surface area is 139 Å². The third-order valence-electron chi connectivity index (χ3n) is 3.92. The van der Waals surface area contributed by atoms with Crippen LogP contribution in [0.5, 0.6) is 5.75 Å². The van der Waals surface area contributed by atoms with Crippen molar-refractivity contribution in [3.8, 4) is 16.2 Å². The second-order valence-electron chi connectivity index (χ2n) is 5.80. The van der Waals surface area contributed by atoms with Crippen LogP contribution < -0.4 is 4.74 Å². The molecule has 0 spiro atoms. The molecular formula is C20H28OS. The first kappa shape index (κ1) is 17.1. The average Bonchev–Trinajstić information content (AvgIpc) is 3.02. The normalized spacial score (nSPS) is 10.8. The SMILES string of the molecule is CCCCCCCCCCOc1ccsc1-c1ccccc1. The Morgan fingerprint density at radius 3 is 2.23 bits per heavy atom. The number of unbranched alkanes of at least 4 members (excludes halogenated alkanes) is 7. The Morgan fingerprint density at radius 2 is 1.50 bits per heavy atom. The van der Waals surface area contributed by atoms with Gasteiger partial charge in [-0.3, -0.25) is 0 Å². The van der Waals surface area contributed by atoms with E-state index in [2.05, 4.69) is 48.7 Å². The monoisotopic (exact) mass is 316 g/mol. The minimum absolute atomic E-state index is 0.839. The molecule has 2 rings (SSSR count).